The molecule has 4 nitrogen and oxygen atoms in total. The molecule has 0 radical (unpaired) electrons. The normalized spacial score (nSPS) is 20.8. The second-order valence-electron chi connectivity index (χ2n) is 4.86. The third-order valence-electron chi connectivity index (χ3n) is 3.46. The summed E-state index contributed by atoms with van der Waals surface area (Å²) in [6.45, 7) is 5.21. The molecule has 0 aromatic carbocycles. The van der Waals surface area contributed by atoms with Crippen molar-refractivity contribution in [3.05, 3.63) is 0 Å². The van der Waals surface area contributed by atoms with E-state index in [-0.39, 0.29) is 0 Å². The van der Waals surface area contributed by atoms with Crippen molar-refractivity contribution in [3.8, 4) is 6.07 Å². The standard InChI is InChI=1S/C13H24N2O2/c1-2-13(15,11-14)6-3-7-17-10-12-4-8-16-9-5-12/h12H,2-10,15H2,1H3. The predicted molar refractivity (Wildman–Crippen MR) is 66.4 cm³/mol. The van der Waals surface area contributed by atoms with Gasteiger partial charge < -0.3 is 15.2 Å². The van der Waals surface area contributed by atoms with Crippen LogP contribution in [-0.2, 0) is 9.47 Å². The van der Waals surface area contributed by atoms with Crippen molar-refractivity contribution in [2.24, 2.45) is 11.7 Å². The molecule has 1 aliphatic heterocycles. The van der Waals surface area contributed by atoms with Crippen LogP contribution in [0.5, 0.6) is 0 Å². The number of nitrogens with two attached hydrogens (primary N) is 1. The second kappa shape index (κ2) is 7.65. The van der Waals surface area contributed by atoms with Crippen LogP contribution in [0, 0.1) is 17.2 Å². The van der Waals surface area contributed by atoms with Crippen LogP contribution >= 0.6 is 0 Å². The molecule has 1 atom stereocenters. The fraction of sp³-hybridized carbons (Fsp3) is 0.923. The third-order valence-corrected chi connectivity index (χ3v) is 3.46. The number of rotatable bonds is 7. The van der Waals surface area contributed by atoms with Gasteiger partial charge in [0.2, 0.25) is 0 Å². The first-order chi connectivity index (χ1) is 8.20. The lowest BCUT2D eigenvalue weighted by atomic mass is 9.94. The molecule has 1 saturated heterocycles. The van der Waals surface area contributed by atoms with Crippen molar-refractivity contribution in [2.75, 3.05) is 26.4 Å². The SMILES string of the molecule is CCC(N)(C#N)CCCOCC1CCOCC1. The van der Waals surface area contributed by atoms with Crippen LogP contribution in [0.2, 0.25) is 0 Å². The summed E-state index contributed by atoms with van der Waals surface area (Å²) in [5.41, 5.74) is 5.22. The Morgan fingerprint density at radius 1 is 1.47 bits per heavy atom. The summed E-state index contributed by atoms with van der Waals surface area (Å²) in [4.78, 5) is 0. The molecule has 0 amide bonds. The minimum absolute atomic E-state index is 0.647. The van der Waals surface area contributed by atoms with E-state index in [0.717, 1.165) is 39.1 Å². The highest BCUT2D eigenvalue weighted by atomic mass is 16.5. The monoisotopic (exact) mass is 240 g/mol. The Hall–Kier alpha value is -0.630. The van der Waals surface area contributed by atoms with Crippen LogP contribution in [0.25, 0.3) is 0 Å². The Balaban J connectivity index is 2.02. The Kier molecular flexibility index (Phi) is 6.49. The Morgan fingerprint density at radius 3 is 2.76 bits per heavy atom. The quantitative estimate of drug-likeness (QED) is 0.689. The van der Waals surface area contributed by atoms with Crippen molar-refractivity contribution < 1.29 is 9.47 Å². The van der Waals surface area contributed by atoms with Crippen LogP contribution in [0.3, 0.4) is 0 Å². The number of nitriles is 1. The fourth-order valence-corrected chi connectivity index (χ4v) is 1.96. The van der Waals surface area contributed by atoms with Crippen molar-refractivity contribution in [3.63, 3.8) is 0 Å². The van der Waals surface area contributed by atoms with Gasteiger partial charge >= 0.3 is 0 Å². The van der Waals surface area contributed by atoms with E-state index in [4.69, 9.17) is 20.5 Å². The Morgan fingerprint density at radius 2 is 2.18 bits per heavy atom. The Labute approximate surface area is 104 Å². The molecule has 0 bridgehead atoms. The van der Waals surface area contributed by atoms with Crippen LogP contribution in [0.1, 0.15) is 39.0 Å². The molecule has 0 aromatic rings. The average molecular weight is 240 g/mol. The van der Waals surface area contributed by atoms with Crippen LogP contribution in [0.4, 0.5) is 0 Å². The average Bonchev–Trinajstić information content (AvgIpc) is 2.39. The van der Waals surface area contributed by atoms with Gasteiger partial charge in [-0.1, -0.05) is 6.92 Å². The summed E-state index contributed by atoms with van der Waals surface area (Å²) >= 11 is 0. The van der Waals surface area contributed by atoms with E-state index < -0.39 is 5.54 Å². The zero-order chi connectivity index (χ0) is 12.6. The molecule has 0 aromatic heterocycles. The van der Waals surface area contributed by atoms with Gasteiger partial charge in [-0.15, -0.1) is 0 Å². The highest BCUT2D eigenvalue weighted by Crippen LogP contribution is 2.16. The van der Waals surface area contributed by atoms with Gasteiger partial charge in [-0.3, -0.25) is 0 Å². The summed E-state index contributed by atoms with van der Waals surface area (Å²) in [5.74, 6) is 0.647. The van der Waals surface area contributed by atoms with E-state index in [2.05, 4.69) is 6.07 Å². The van der Waals surface area contributed by atoms with Gasteiger partial charge in [-0.05, 0) is 38.0 Å². The molecule has 0 aliphatic carbocycles. The molecule has 17 heavy (non-hydrogen) atoms. The molecule has 1 fully saturated rings. The molecule has 2 N–H and O–H groups in total. The van der Waals surface area contributed by atoms with Crippen molar-refractivity contribution >= 4 is 0 Å². The summed E-state index contributed by atoms with van der Waals surface area (Å²) in [7, 11) is 0. The van der Waals surface area contributed by atoms with Crippen molar-refractivity contribution in [2.45, 2.75) is 44.6 Å². The molecule has 0 spiro atoms. The molecule has 1 heterocycles. The highest BCUT2D eigenvalue weighted by molar-refractivity contribution is 5.03. The van der Waals surface area contributed by atoms with Gasteiger partial charge in [-0.25, -0.2) is 0 Å². The first-order valence-corrected chi connectivity index (χ1v) is 6.56. The summed E-state index contributed by atoms with van der Waals surface area (Å²) in [6.07, 6.45) is 4.49. The van der Waals surface area contributed by atoms with Gasteiger partial charge in [0, 0.05) is 26.4 Å². The molecular formula is C13H24N2O2. The molecule has 4 heteroatoms. The second-order valence-corrected chi connectivity index (χ2v) is 4.86. The molecular weight excluding hydrogens is 216 g/mol. The molecule has 1 aliphatic rings. The maximum atomic E-state index is 8.92. The molecule has 0 saturated carbocycles. The Bertz CT molecular complexity index is 246. The van der Waals surface area contributed by atoms with E-state index in [1.165, 1.54) is 0 Å². The van der Waals surface area contributed by atoms with Crippen molar-refractivity contribution in [1.82, 2.24) is 0 Å². The van der Waals surface area contributed by atoms with E-state index in [9.17, 15) is 0 Å². The van der Waals surface area contributed by atoms with Crippen molar-refractivity contribution in [1.29, 1.82) is 5.26 Å². The summed E-state index contributed by atoms with van der Waals surface area (Å²) in [6, 6.07) is 2.17. The lowest BCUT2D eigenvalue weighted by Gasteiger charge is -2.22. The van der Waals surface area contributed by atoms with Gasteiger partial charge in [0.15, 0.2) is 0 Å². The summed E-state index contributed by atoms with van der Waals surface area (Å²) < 4.78 is 10.9. The number of ether oxygens (including phenoxy) is 2. The van der Waals surface area contributed by atoms with E-state index in [1.807, 2.05) is 6.92 Å². The van der Waals surface area contributed by atoms with Gasteiger partial charge in [-0.2, -0.15) is 5.26 Å². The topological polar surface area (TPSA) is 68.3 Å². The maximum Gasteiger partial charge on any atom is 0.104 e. The van der Waals surface area contributed by atoms with Gasteiger partial charge in [0.25, 0.3) is 0 Å². The first kappa shape index (κ1) is 14.4. The minimum Gasteiger partial charge on any atom is -0.381 e. The summed E-state index contributed by atoms with van der Waals surface area (Å²) in [5, 5.41) is 8.92. The van der Waals surface area contributed by atoms with E-state index >= 15 is 0 Å². The van der Waals surface area contributed by atoms with E-state index in [0.29, 0.717) is 25.4 Å². The smallest absolute Gasteiger partial charge is 0.104 e. The third kappa shape index (κ3) is 5.49. The maximum absolute atomic E-state index is 8.92. The lowest BCUT2D eigenvalue weighted by molar-refractivity contribution is 0.0193. The largest absolute Gasteiger partial charge is 0.381 e. The molecule has 1 unspecified atom stereocenters. The van der Waals surface area contributed by atoms with Crippen LogP contribution in [-0.4, -0.2) is 32.0 Å². The first-order valence-electron chi connectivity index (χ1n) is 6.56. The van der Waals surface area contributed by atoms with Crippen LogP contribution in [0.15, 0.2) is 0 Å². The molecule has 98 valence electrons. The zero-order valence-electron chi connectivity index (χ0n) is 10.8. The predicted octanol–water partition coefficient (Wildman–Crippen LogP) is 1.84. The fourth-order valence-electron chi connectivity index (χ4n) is 1.96. The number of hydrogen-bond acceptors (Lipinski definition) is 4. The zero-order valence-corrected chi connectivity index (χ0v) is 10.8. The highest BCUT2D eigenvalue weighted by Gasteiger charge is 2.21. The van der Waals surface area contributed by atoms with E-state index in [1.54, 1.807) is 0 Å². The van der Waals surface area contributed by atoms with Gasteiger partial charge in [0.05, 0.1) is 6.07 Å². The molecule has 1 rings (SSSR count). The van der Waals surface area contributed by atoms with Crippen LogP contribution < -0.4 is 5.73 Å². The lowest BCUT2D eigenvalue weighted by Crippen LogP contribution is -2.37. The minimum atomic E-state index is -0.665. The number of hydrogen-bond donors (Lipinski definition) is 1. The van der Waals surface area contributed by atoms with Gasteiger partial charge in [0.1, 0.15) is 5.54 Å². The number of nitrogens with zero attached hydrogens (tertiary/aromatic N) is 1.